The molecule has 2 nitrogen and oxygen atoms in total. The minimum absolute atomic E-state index is 0.383. The SMILES string of the molecule is c1ccc(-c2cccc3c2oc2c(N(c4ccc(-c5ccc6c(c5)C5(c7ccccc7-c7ccccc75)c5ccccc5-6)cc4)c4cccc5ccccc45)cccc23)cc1. The minimum Gasteiger partial charge on any atom is -0.453 e. The van der Waals surface area contributed by atoms with Gasteiger partial charge >= 0.3 is 0 Å². The number of hydrogen-bond donors (Lipinski definition) is 0. The van der Waals surface area contributed by atoms with Crippen LogP contribution in [0.15, 0.2) is 229 Å². The molecular formula is C59H37NO. The molecule has 0 saturated heterocycles. The van der Waals surface area contributed by atoms with E-state index in [2.05, 4.69) is 229 Å². The summed E-state index contributed by atoms with van der Waals surface area (Å²) in [4.78, 5) is 2.37. The Morgan fingerprint density at radius 2 is 0.820 bits per heavy atom. The zero-order valence-electron chi connectivity index (χ0n) is 33.2. The molecule has 2 aliphatic carbocycles. The summed E-state index contributed by atoms with van der Waals surface area (Å²) in [5, 5.41) is 4.56. The highest BCUT2D eigenvalue weighted by molar-refractivity contribution is 6.14. The largest absolute Gasteiger partial charge is 0.453 e. The average molecular weight is 776 g/mol. The third-order valence-electron chi connectivity index (χ3n) is 13.3. The first kappa shape index (κ1) is 34.0. The van der Waals surface area contributed by atoms with Gasteiger partial charge < -0.3 is 9.32 Å². The van der Waals surface area contributed by atoms with Crippen LogP contribution >= 0.6 is 0 Å². The molecule has 1 aromatic heterocycles. The Balaban J connectivity index is 0.987. The summed E-state index contributed by atoms with van der Waals surface area (Å²) in [6, 6.07) is 82.0. The molecule has 284 valence electrons. The van der Waals surface area contributed by atoms with Crippen LogP contribution < -0.4 is 4.90 Å². The standard InChI is InChI=1S/C59H37NO/c1-2-15-40(16-3-1)44-23-13-24-49-50-25-14-30-56(58(50)61-57(44)49)60(55-29-12-18-39-17-4-5-19-43(39)55)42-34-31-38(32-35-42)41-33-36-48-47-22-8-11-28-53(47)59(54(48)37-41)51-26-9-6-20-45(51)46-21-7-10-27-52(46)59/h1-37H. The molecule has 13 rings (SSSR count). The van der Waals surface area contributed by atoms with Gasteiger partial charge in [0.25, 0.3) is 0 Å². The van der Waals surface area contributed by atoms with Gasteiger partial charge in [-0.2, -0.15) is 0 Å². The Hall–Kier alpha value is -7.94. The van der Waals surface area contributed by atoms with E-state index >= 15 is 0 Å². The number of rotatable bonds is 5. The average Bonchev–Trinajstić information content (AvgIpc) is 3.97. The molecular weight excluding hydrogens is 739 g/mol. The van der Waals surface area contributed by atoms with E-state index < -0.39 is 0 Å². The van der Waals surface area contributed by atoms with E-state index in [1.54, 1.807) is 0 Å². The van der Waals surface area contributed by atoms with E-state index in [1.807, 2.05) is 0 Å². The van der Waals surface area contributed by atoms with E-state index in [-0.39, 0.29) is 5.41 Å². The van der Waals surface area contributed by atoms with Crippen LogP contribution in [0.25, 0.3) is 77.2 Å². The van der Waals surface area contributed by atoms with E-state index in [0.717, 1.165) is 50.1 Å². The van der Waals surface area contributed by atoms with Gasteiger partial charge in [-0.05, 0) is 96.9 Å². The van der Waals surface area contributed by atoms with E-state index in [4.69, 9.17) is 4.42 Å². The second-order valence-corrected chi connectivity index (χ2v) is 16.3. The molecule has 10 aromatic carbocycles. The van der Waals surface area contributed by atoms with Crippen LogP contribution in [-0.2, 0) is 5.41 Å². The van der Waals surface area contributed by atoms with Crippen LogP contribution in [0.1, 0.15) is 22.3 Å². The monoisotopic (exact) mass is 775 g/mol. The number of nitrogens with zero attached hydrogens (tertiary/aromatic N) is 1. The summed E-state index contributed by atoms with van der Waals surface area (Å²) in [5.74, 6) is 0. The number of para-hydroxylation sites is 2. The third kappa shape index (κ3) is 4.79. The quantitative estimate of drug-likeness (QED) is 0.173. The van der Waals surface area contributed by atoms with Crippen LogP contribution in [0.4, 0.5) is 17.1 Å². The third-order valence-corrected chi connectivity index (χ3v) is 13.3. The van der Waals surface area contributed by atoms with Gasteiger partial charge in [-0.1, -0.05) is 194 Å². The molecule has 0 atom stereocenters. The summed E-state index contributed by atoms with van der Waals surface area (Å²) in [5.41, 5.74) is 19.8. The van der Waals surface area contributed by atoms with E-state index in [0.29, 0.717) is 0 Å². The number of anilines is 3. The highest BCUT2D eigenvalue weighted by atomic mass is 16.3. The van der Waals surface area contributed by atoms with Crippen molar-refractivity contribution in [2.24, 2.45) is 0 Å². The summed E-state index contributed by atoms with van der Waals surface area (Å²) >= 11 is 0. The maximum Gasteiger partial charge on any atom is 0.159 e. The van der Waals surface area contributed by atoms with Crippen molar-refractivity contribution in [3.05, 3.63) is 247 Å². The summed E-state index contributed by atoms with van der Waals surface area (Å²) in [6.07, 6.45) is 0. The van der Waals surface area contributed by atoms with Crippen molar-refractivity contribution < 1.29 is 4.42 Å². The van der Waals surface area contributed by atoms with Crippen LogP contribution in [0, 0.1) is 0 Å². The fourth-order valence-electron chi connectivity index (χ4n) is 10.7. The Morgan fingerprint density at radius 1 is 0.311 bits per heavy atom. The van der Waals surface area contributed by atoms with Crippen LogP contribution in [-0.4, -0.2) is 0 Å². The first-order valence-corrected chi connectivity index (χ1v) is 21.1. The lowest BCUT2D eigenvalue weighted by Crippen LogP contribution is -2.25. The number of fused-ring (bicyclic) bond motifs is 14. The van der Waals surface area contributed by atoms with Crippen molar-refractivity contribution in [3.8, 4) is 44.5 Å². The lowest BCUT2D eigenvalue weighted by molar-refractivity contribution is 0.670. The molecule has 0 amide bonds. The second kappa shape index (κ2) is 13.0. The Morgan fingerprint density at radius 3 is 1.54 bits per heavy atom. The lowest BCUT2D eigenvalue weighted by atomic mass is 9.70. The van der Waals surface area contributed by atoms with Gasteiger partial charge in [0, 0.05) is 27.4 Å². The molecule has 2 heteroatoms. The fraction of sp³-hybridized carbons (Fsp3) is 0.0169. The Bertz CT molecular complexity index is 3470. The lowest BCUT2D eigenvalue weighted by Gasteiger charge is -2.30. The van der Waals surface area contributed by atoms with Crippen molar-refractivity contribution in [2.75, 3.05) is 4.90 Å². The van der Waals surface area contributed by atoms with Crippen LogP contribution in [0.5, 0.6) is 0 Å². The van der Waals surface area contributed by atoms with Gasteiger partial charge in [-0.15, -0.1) is 0 Å². The predicted octanol–water partition coefficient (Wildman–Crippen LogP) is 15.9. The van der Waals surface area contributed by atoms with Crippen LogP contribution in [0.2, 0.25) is 0 Å². The number of hydrogen-bond acceptors (Lipinski definition) is 2. The maximum absolute atomic E-state index is 7.02. The Kier molecular flexibility index (Phi) is 7.26. The molecule has 61 heavy (non-hydrogen) atoms. The molecule has 0 unspecified atom stereocenters. The zero-order chi connectivity index (χ0) is 40.1. The first-order chi connectivity index (χ1) is 30.3. The van der Waals surface area contributed by atoms with Gasteiger partial charge in [-0.3, -0.25) is 0 Å². The highest BCUT2D eigenvalue weighted by Gasteiger charge is 2.51. The number of benzene rings is 10. The van der Waals surface area contributed by atoms with Gasteiger partial charge in [0.05, 0.1) is 16.8 Å². The fourth-order valence-corrected chi connectivity index (χ4v) is 10.7. The summed E-state index contributed by atoms with van der Waals surface area (Å²) < 4.78 is 7.02. The summed E-state index contributed by atoms with van der Waals surface area (Å²) in [7, 11) is 0. The molecule has 0 radical (unpaired) electrons. The smallest absolute Gasteiger partial charge is 0.159 e. The molecule has 0 bridgehead atoms. The highest BCUT2D eigenvalue weighted by Crippen LogP contribution is 2.63. The predicted molar refractivity (Wildman–Crippen MR) is 253 cm³/mol. The molecule has 2 aliphatic rings. The first-order valence-electron chi connectivity index (χ1n) is 21.1. The van der Waals surface area contributed by atoms with Crippen molar-refractivity contribution >= 4 is 49.8 Å². The second-order valence-electron chi connectivity index (χ2n) is 16.3. The van der Waals surface area contributed by atoms with Gasteiger partial charge in [0.15, 0.2) is 5.58 Å². The maximum atomic E-state index is 7.02. The normalized spacial score (nSPS) is 13.0. The van der Waals surface area contributed by atoms with Crippen molar-refractivity contribution in [1.29, 1.82) is 0 Å². The molecule has 0 aliphatic heterocycles. The molecule has 1 spiro atoms. The van der Waals surface area contributed by atoms with Crippen molar-refractivity contribution in [2.45, 2.75) is 5.41 Å². The molecule has 0 N–H and O–H groups in total. The van der Waals surface area contributed by atoms with Gasteiger partial charge in [-0.25, -0.2) is 0 Å². The topological polar surface area (TPSA) is 16.4 Å². The summed E-state index contributed by atoms with van der Waals surface area (Å²) in [6.45, 7) is 0. The van der Waals surface area contributed by atoms with Crippen molar-refractivity contribution in [3.63, 3.8) is 0 Å². The van der Waals surface area contributed by atoms with Crippen molar-refractivity contribution in [1.82, 2.24) is 0 Å². The molecule has 1 heterocycles. The molecule has 11 aromatic rings. The van der Waals surface area contributed by atoms with Gasteiger partial charge in [0.2, 0.25) is 0 Å². The van der Waals surface area contributed by atoms with E-state index in [1.165, 1.54) is 66.4 Å². The van der Waals surface area contributed by atoms with Gasteiger partial charge in [0.1, 0.15) is 5.58 Å². The Labute approximate surface area is 354 Å². The minimum atomic E-state index is -0.383. The zero-order valence-corrected chi connectivity index (χ0v) is 33.2. The van der Waals surface area contributed by atoms with Crippen LogP contribution in [0.3, 0.4) is 0 Å². The molecule has 0 fully saturated rings. The van der Waals surface area contributed by atoms with E-state index in [9.17, 15) is 0 Å². The number of furan rings is 1. The molecule has 0 saturated carbocycles.